The fraction of sp³-hybridized carbons (Fsp3) is 0.417. The van der Waals surface area contributed by atoms with Crippen molar-refractivity contribution in [2.75, 3.05) is 20.3 Å². The van der Waals surface area contributed by atoms with Gasteiger partial charge in [0.25, 0.3) is 0 Å². The number of unbranched alkanes of at least 4 members (excludes halogenated alkanes) is 1. The van der Waals surface area contributed by atoms with Crippen molar-refractivity contribution in [1.29, 1.82) is 0 Å². The molecular formula is C12H17ClN2O3S2. The van der Waals surface area contributed by atoms with Crippen LogP contribution in [-0.4, -0.2) is 33.7 Å². The largest absolute Gasteiger partial charge is 0.389 e. The fourth-order valence-corrected chi connectivity index (χ4v) is 3.24. The van der Waals surface area contributed by atoms with Crippen LogP contribution in [0.5, 0.6) is 0 Å². The lowest BCUT2D eigenvalue weighted by atomic mass is 10.2. The van der Waals surface area contributed by atoms with Gasteiger partial charge in [0.2, 0.25) is 10.0 Å². The van der Waals surface area contributed by atoms with Crippen LogP contribution in [0.4, 0.5) is 0 Å². The van der Waals surface area contributed by atoms with E-state index in [0.29, 0.717) is 25.1 Å². The van der Waals surface area contributed by atoms with Gasteiger partial charge in [0, 0.05) is 25.8 Å². The standard InChI is InChI=1S/C12H17ClN2O3S2/c1-18-7-3-2-6-15-20(16,17)11-8-9(12(14)19)4-5-10(11)13/h4-5,8,15H,2-3,6-7H2,1H3,(H2,14,19). The quantitative estimate of drug-likeness (QED) is 0.557. The van der Waals surface area contributed by atoms with Crippen LogP contribution in [0.25, 0.3) is 0 Å². The zero-order valence-corrected chi connectivity index (χ0v) is 13.4. The minimum Gasteiger partial charge on any atom is -0.389 e. The third-order valence-electron chi connectivity index (χ3n) is 2.57. The van der Waals surface area contributed by atoms with Gasteiger partial charge in [0.05, 0.1) is 5.02 Å². The van der Waals surface area contributed by atoms with Crippen molar-refractivity contribution in [3.63, 3.8) is 0 Å². The third-order valence-corrected chi connectivity index (χ3v) is 4.75. The molecule has 0 bridgehead atoms. The summed E-state index contributed by atoms with van der Waals surface area (Å²) in [5.74, 6) is 0. The van der Waals surface area contributed by atoms with E-state index in [1.165, 1.54) is 12.1 Å². The lowest BCUT2D eigenvalue weighted by Gasteiger charge is -2.09. The predicted octanol–water partition coefficient (Wildman–Crippen LogP) is 1.68. The molecule has 0 aromatic heterocycles. The van der Waals surface area contributed by atoms with Crippen LogP contribution in [0.15, 0.2) is 23.1 Å². The Bertz CT molecular complexity index is 576. The summed E-state index contributed by atoms with van der Waals surface area (Å²) in [4.78, 5) is 0.106. The van der Waals surface area contributed by atoms with Gasteiger partial charge in [0.15, 0.2) is 0 Å². The van der Waals surface area contributed by atoms with E-state index < -0.39 is 10.0 Å². The molecule has 8 heteroatoms. The molecule has 1 rings (SSSR count). The van der Waals surface area contributed by atoms with Crippen LogP contribution in [0.1, 0.15) is 18.4 Å². The molecule has 1 aromatic rings. The van der Waals surface area contributed by atoms with E-state index in [-0.39, 0.29) is 14.9 Å². The second-order valence-electron chi connectivity index (χ2n) is 4.11. The van der Waals surface area contributed by atoms with E-state index in [9.17, 15) is 8.42 Å². The van der Waals surface area contributed by atoms with Crippen LogP contribution in [0.3, 0.4) is 0 Å². The predicted molar refractivity (Wildman–Crippen MR) is 83.6 cm³/mol. The number of ether oxygens (including phenoxy) is 1. The lowest BCUT2D eigenvalue weighted by Crippen LogP contribution is -2.25. The maximum absolute atomic E-state index is 12.1. The third kappa shape index (κ3) is 4.99. The number of methoxy groups -OCH3 is 1. The van der Waals surface area contributed by atoms with Crippen LogP contribution in [0.2, 0.25) is 5.02 Å². The summed E-state index contributed by atoms with van der Waals surface area (Å²) in [6.07, 6.45) is 1.46. The highest BCUT2D eigenvalue weighted by Gasteiger charge is 2.18. The molecule has 0 aliphatic heterocycles. The summed E-state index contributed by atoms with van der Waals surface area (Å²) in [7, 11) is -2.07. The molecule has 0 spiro atoms. The summed E-state index contributed by atoms with van der Waals surface area (Å²) in [6.45, 7) is 0.915. The summed E-state index contributed by atoms with van der Waals surface area (Å²) in [6, 6.07) is 4.43. The number of sulfonamides is 1. The molecule has 0 unspecified atom stereocenters. The molecule has 0 aliphatic carbocycles. The Morgan fingerprint density at radius 3 is 2.75 bits per heavy atom. The number of halogens is 1. The lowest BCUT2D eigenvalue weighted by molar-refractivity contribution is 0.193. The normalized spacial score (nSPS) is 11.5. The first-order valence-corrected chi connectivity index (χ1v) is 8.23. The summed E-state index contributed by atoms with van der Waals surface area (Å²) in [5, 5.41) is 0.134. The zero-order chi connectivity index (χ0) is 15.2. The molecule has 0 saturated carbocycles. The van der Waals surface area contributed by atoms with Crippen molar-refractivity contribution in [2.45, 2.75) is 17.7 Å². The maximum Gasteiger partial charge on any atom is 0.242 e. The Morgan fingerprint density at radius 1 is 1.45 bits per heavy atom. The van der Waals surface area contributed by atoms with Gasteiger partial charge >= 0.3 is 0 Å². The van der Waals surface area contributed by atoms with Crippen LogP contribution in [-0.2, 0) is 14.8 Å². The Labute approximate surface area is 129 Å². The topological polar surface area (TPSA) is 81.4 Å². The van der Waals surface area contributed by atoms with Gasteiger partial charge in [0.1, 0.15) is 9.88 Å². The van der Waals surface area contributed by atoms with E-state index in [1.807, 2.05) is 0 Å². The first kappa shape index (κ1) is 17.3. The Hall–Kier alpha value is -0.730. The summed E-state index contributed by atoms with van der Waals surface area (Å²) in [5.41, 5.74) is 5.95. The van der Waals surface area contributed by atoms with Gasteiger partial charge in [-0.3, -0.25) is 0 Å². The molecule has 112 valence electrons. The monoisotopic (exact) mass is 336 g/mol. The molecule has 0 heterocycles. The molecule has 5 nitrogen and oxygen atoms in total. The molecule has 0 saturated heterocycles. The molecule has 1 aromatic carbocycles. The molecule has 0 atom stereocenters. The fourth-order valence-electron chi connectivity index (χ4n) is 1.52. The minimum absolute atomic E-state index is 0.0174. The van der Waals surface area contributed by atoms with Gasteiger partial charge in [-0.25, -0.2) is 13.1 Å². The van der Waals surface area contributed by atoms with Gasteiger partial charge in [-0.2, -0.15) is 0 Å². The first-order chi connectivity index (χ1) is 9.38. The van der Waals surface area contributed by atoms with Gasteiger partial charge < -0.3 is 10.5 Å². The Kier molecular flexibility index (Phi) is 6.84. The molecule has 20 heavy (non-hydrogen) atoms. The second kappa shape index (κ2) is 7.90. The van der Waals surface area contributed by atoms with Gasteiger partial charge in [-0.05, 0) is 25.0 Å². The van der Waals surface area contributed by atoms with E-state index in [1.54, 1.807) is 13.2 Å². The average Bonchev–Trinajstić information content (AvgIpc) is 2.38. The van der Waals surface area contributed by atoms with Crippen LogP contribution >= 0.6 is 23.8 Å². The van der Waals surface area contributed by atoms with E-state index in [2.05, 4.69) is 4.72 Å². The Morgan fingerprint density at radius 2 is 2.15 bits per heavy atom. The molecule has 3 N–H and O–H groups in total. The van der Waals surface area contributed by atoms with Crippen molar-refractivity contribution in [2.24, 2.45) is 5.73 Å². The van der Waals surface area contributed by atoms with E-state index in [4.69, 9.17) is 34.3 Å². The molecule has 0 aliphatic rings. The van der Waals surface area contributed by atoms with Crippen molar-refractivity contribution in [1.82, 2.24) is 4.72 Å². The highest BCUT2D eigenvalue weighted by atomic mass is 35.5. The van der Waals surface area contributed by atoms with E-state index >= 15 is 0 Å². The number of rotatable bonds is 8. The number of nitrogens with two attached hydrogens (primary N) is 1. The minimum atomic E-state index is -3.67. The second-order valence-corrected chi connectivity index (χ2v) is 6.69. The first-order valence-electron chi connectivity index (χ1n) is 5.96. The molecule has 0 radical (unpaired) electrons. The van der Waals surface area contributed by atoms with Gasteiger partial charge in [-0.15, -0.1) is 0 Å². The smallest absolute Gasteiger partial charge is 0.242 e. The SMILES string of the molecule is COCCCCNS(=O)(=O)c1cc(C(N)=S)ccc1Cl. The highest BCUT2D eigenvalue weighted by molar-refractivity contribution is 7.89. The van der Waals surface area contributed by atoms with Crippen molar-refractivity contribution in [3.05, 3.63) is 28.8 Å². The van der Waals surface area contributed by atoms with Gasteiger partial charge in [-0.1, -0.05) is 29.9 Å². The number of hydrogen-bond donors (Lipinski definition) is 2. The highest BCUT2D eigenvalue weighted by Crippen LogP contribution is 2.22. The molecule has 0 amide bonds. The Balaban J connectivity index is 2.81. The van der Waals surface area contributed by atoms with Crippen molar-refractivity contribution in [3.8, 4) is 0 Å². The van der Waals surface area contributed by atoms with Crippen molar-refractivity contribution >= 4 is 38.8 Å². The zero-order valence-electron chi connectivity index (χ0n) is 11.1. The molecular weight excluding hydrogens is 320 g/mol. The molecule has 0 fully saturated rings. The average molecular weight is 337 g/mol. The van der Waals surface area contributed by atoms with Crippen LogP contribution < -0.4 is 10.5 Å². The van der Waals surface area contributed by atoms with Crippen LogP contribution in [0, 0.1) is 0 Å². The maximum atomic E-state index is 12.1. The number of nitrogens with one attached hydrogen (secondary N) is 1. The summed E-state index contributed by atoms with van der Waals surface area (Å²) >= 11 is 10.8. The summed E-state index contributed by atoms with van der Waals surface area (Å²) < 4.78 is 31.7. The van der Waals surface area contributed by atoms with E-state index in [0.717, 1.165) is 6.42 Å². The number of benzene rings is 1. The number of thiocarbonyl (C=S) groups is 1. The van der Waals surface area contributed by atoms with Crippen molar-refractivity contribution < 1.29 is 13.2 Å². The number of hydrogen-bond acceptors (Lipinski definition) is 4.